The van der Waals surface area contributed by atoms with Gasteiger partial charge in [0.1, 0.15) is 0 Å². The van der Waals surface area contributed by atoms with Crippen molar-refractivity contribution in [3.63, 3.8) is 0 Å². The second-order valence-electron chi connectivity index (χ2n) is 3.13. The van der Waals surface area contributed by atoms with Gasteiger partial charge in [-0.05, 0) is 13.3 Å². The third kappa shape index (κ3) is 1.69. The number of rotatable bonds is 3. The maximum atomic E-state index is 7.66. The molecule has 4 nitrogen and oxygen atoms in total. The zero-order valence-electron chi connectivity index (χ0n) is 8.86. The van der Waals surface area contributed by atoms with Crippen molar-refractivity contribution in [3.05, 3.63) is 23.5 Å². The maximum absolute atomic E-state index is 7.66. The summed E-state index contributed by atoms with van der Waals surface area (Å²) >= 11 is 0. The summed E-state index contributed by atoms with van der Waals surface area (Å²) in [6, 6.07) is 0. The van der Waals surface area contributed by atoms with E-state index in [-0.39, 0.29) is 0 Å². The van der Waals surface area contributed by atoms with Gasteiger partial charge < -0.3 is 10.7 Å². The summed E-state index contributed by atoms with van der Waals surface area (Å²) in [4.78, 5) is 0. The van der Waals surface area contributed by atoms with Crippen molar-refractivity contribution in [1.29, 1.82) is 5.41 Å². The molecule has 1 aliphatic rings. The molecule has 0 radical (unpaired) electrons. The molecule has 0 aromatic rings. The maximum Gasteiger partial charge on any atom is 0.0842 e. The van der Waals surface area contributed by atoms with E-state index in [0.717, 1.165) is 23.4 Å². The van der Waals surface area contributed by atoms with Crippen LogP contribution in [0.5, 0.6) is 0 Å². The van der Waals surface area contributed by atoms with E-state index < -0.39 is 0 Å². The van der Waals surface area contributed by atoms with Crippen LogP contribution in [-0.4, -0.2) is 18.5 Å². The number of hydrogen-bond acceptors (Lipinski definition) is 4. The molecule has 76 valence electrons. The number of allylic oxidation sites excluding steroid dienone is 2. The molecule has 14 heavy (non-hydrogen) atoms. The molecule has 0 spiro atoms. The third-order valence-electron chi connectivity index (χ3n) is 2.13. The first kappa shape index (κ1) is 10.5. The van der Waals surface area contributed by atoms with Crippen molar-refractivity contribution in [2.75, 3.05) is 7.05 Å². The quantitative estimate of drug-likeness (QED) is 0.592. The van der Waals surface area contributed by atoms with Gasteiger partial charge in [0.25, 0.3) is 0 Å². The molecule has 1 rings (SSSR count). The van der Waals surface area contributed by atoms with E-state index in [1.165, 1.54) is 0 Å². The predicted octanol–water partition coefficient (Wildman–Crippen LogP) is 1.38. The molecule has 0 bridgehead atoms. The van der Waals surface area contributed by atoms with E-state index >= 15 is 0 Å². The average molecular weight is 192 g/mol. The number of hydrogen-bond donors (Lipinski definition) is 3. The smallest absolute Gasteiger partial charge is 0.0842 e. The molecule has 0 aromatic carbocycles. The minimum Gasteiger partial charge on any atom is -0.386 e. The first-order valence-electron chi connectivity index (χ1n) is 4.61. The average Bonchev–Trinajstić information content (AvgIpc) is 2.16. The Morgan fingerprint density at radius 1 is 1.64 bits per heavy atom. The zero-order chi connectivity index (χ0) is 10.7. The molecule has 0 amide bonds. The van der Waals surface area contributed by atoms with Crippen LogP contribution in [0.2, 0.25) is 0 Å². The Hall–Kier alpha value is -1.58. The summed E-state index contributed by atoms with van der Waals surface area (Å²) in [5, 5.41) is 14.9. The van der Waals surface area contributed by atoms with Crippen molar-refractivity contribution in [1.82, 2.24) is 10.7 Å². The fraction of sp³-hybridized carbons (Fsp3) is 0.400. The van der Waals surface area contributed by atoms with Crippen LogP contribution >= 0.6 is 0 Å². The van der Waals surface area contributed by atoms with Crippen LogP contribution in [0, 0.1) is 5.41 Å². The summed E-state index contributed by atoms with van der Waals surface area (Å²) < 4.78 is 0. The van der Waals surface area contributed by atoms with Gasteiger partial charge in [-0.15, -0.1) is 0 Å². The zero-order valence-corrected chi connectivity index (χ0v) is 8.86. The van der Waals surface area contributed by atoms with Crippen molar-refractivity contribution in [2.24, 2.45) is 5.10 Å². The topological polar surface area (TPSA) is 60.3 Å². The molecule has 0 atom stereocenters. The molecular formula is C10H16N4. The summed E-state index contributed by atoms with van der Waals surface area (Å²) in [6.45, 7) is 7.61. The summed E-state index contributed by atoms with van der Waals surface area (Å²) in [5.74, 6) is 0. The Morgan fingerprint density at radius 3 is 2.71 bits per heavy atom. The molecule has 0 saturated heterocycles. The van der Waals surface area contributed by atoms with Gasteiger partial charge in [-0.3, -0.25) is 5.43 Å². The van der Waals surface area contributed by atoms with E-state index in [4.69, 9.17) is 5.41 Å². The molecule has 4 heteroatoms. The Morgan fingerprint density at radius 2 is 2.29 bits per heavy atom. The van der Waals surface area contributed by atoms with Gasteiger partial charge in [0, 0.05) is 18.3 Å². The number of hydrazone groups is 1. The molecular weight excluding hydrogens is 176 g/mol. The van der Waals surface area contributed by atoms with Gasteiger partial charge >= 0.3 is 0 Å². The molecule has 1 aliphatic heterocycles. The minimum absolute atomic E-state index is 0.493. The summed E-state index contributed by atoms with van der Waals surface area (Å²) in [5.41, 5.74) is 6.66. The highest BCUT2D eigenvalue weighted by Gasteiger charge is 2.19. The highest BCUT2D eigenvalue weighted by atomic mass is 15.3. The van der Waals surface area contributed by atoms with Gasteiger partial charge in [0.15, 0.2) is 0 Å². The monoisotopic (exact) mass is 192 g/mol. The minimum atomic E-state index is 0.493. The van der Waals surface area contributed by atoms with Crippen molar-refractivity contribution >= 4 is 11.4 Å². The molecule has 1 heterocycles. The van der Waals surface area contributed by atoms with Crippen LogP contribution < -0.4 is 10.7 Å². The van der Waals surface area contributed by atoms with Gasteiger partial charge in [-0.25, -0.2) is 0 Å². The lowest BCUT2D eigenvalue weighted by atomic mass is 10.0. The highest BCUT2D eigenvalue weighted by Crippen LogP contribution is 2.17. The Balaban J connectivity index is 3.23. The lowest BCUT2D eigenvalue weighted by Gasteiger charge is -2.22. The van der Waals surface area contributed by atoms with Crippen LogP contribution in [0.4, 0.5) is 0 Å². The standard InChI is InChI=1S/C10H16N4/c1-5-8-10(12-4)9(6(2)11)7(3)13-14-8/h11-13H,3,5H2,1-2,4H3. The van der Waals surface area contributed by atoms with Gasteiger partial charge in [-0.2, -0.15) is 5.10 Å². The fourth-order valence-electron chi connectivity index (χ4n) is 1.48. The van der Waals surface area contributed by atoms with Crippen LogP contribution in [0.25, 0.3) is 0 Å². The number of nitrogens with one attached hydrogen (secondary N) is 3. The number of nitrogens with zero attached hydrogens (tertiary/aromatic N) is 1. The van der Waals surface area contributed by atoms with Crippen LogP contribution in [-0.2, 0) is 0 Å². The Labute approximate surface area is 84.3 Å². The SMILES string of the molecule is C=C1NN=C(CC)C(NC)=C1C(C)=N. The molecule has 0 saturated carbocycles. The van der Waals surface area contributed by atoms with E-state index in [9.17, 15) is 0 Å². The third-order valence-corrected chi connectivity index (χ3v) is 2.13. The molecule has 3 N–H and O–H groups in total. The normalized spacial score (nSPS) is 16.2. The van der Waals surface area contributed by atoms with Gasteiger partial charge in [-0.1, -0.05) is 13.5 Å². The van der Waals surface area contributed by atoms with E-state index in [1.807, 2.05) is 14.0 Å². The van der Waals surface area contributed by atoms with Crippen molar-refractivity contribution in [3.8, 4) is 0 Å². The predicted molar refractivity (Wildman–Crippen MR) is 59.5 cm³/mol. The summed E-state index contributed by atoms with van der Waals surface area (Å²) in [7, 11) is 1.84. The van der Waals surface area contributed by atoms with E-state index in [1.54, 1.807) is 6.92 Å². The molecule has 0 fully saturated rings. The van der Waals surface area contributed by atoms with Crippen molar-refractivity contribution < 1.29 is 0 Å². The van der Waals surface area contributed by atoms with Crippen LogP contribution in [0.1, 0.15) is 20.3 Å². The first-order chi connectivity index (χ1) is 6.61. The van der Waals surface area contributed by atoms with Crippen LogP contribution in [0.3, 0.4) is 0 Å². The molecule has 0 aliphatic carbocycles. The second-order valence-corrected chi connectivity index (χ2v) is 3.13. The van der Waals surface area contributed by atoms with Crippen LogP contribution in [0.15, 0.2) is 28.6 Å². The Kier molecular flexibility index (Phi) is 3.06. The fourth-order valence-corrected chi connectivity index (χ4v) is 1.48. The largest absolute Gasteiger partial charge is 0.386 e. The van der Waals surface area contributed by atoms with E-state index in [0.29, 0.717) is 11.4 Å². The van der Waals surface area contributed by atoms with Gasteiger partial charge in [0.05, 0.1) is 17.1 Å². The van der Waals surface area contributed by atoms with Gasteiger partial charge in [0.2, 0.25) is 0 Å². The highest BCUT2D eigenvalue weighted by molar-refractivity contribution is 6.11. The molecule has 0 unspecified atom stereocenters. The van der Waals surface area contributed by atoms with Crippen molar-refractivity contribution in [2.45, 2.75) is 20.3 Å². The first-order valence-corrected chi connectivity index (χ1v) is 4.61. The molecule has 0 aromatic heterocycles. The summed E-state index contributed by atoms with van der Waals surface area (Å²) in [6.07, 6.45) is 0.827. The Bertz CT molecular complexity index is 336. The second kappa shape index (κ2) is 4.09. The van der Waals surface area contributed by atoms with E-state index in [2.05, 4.69) is 22.4 Å². The lowest BCUT2D eigenvalue weighted by Crippen LogP contribution is -2.29. The lowest BCUT2D eigenvalue weighted by molar-refractivity contribution is 0.857.